The van der Waals surface area contributed by atoms with Crippen molar-refractivity contribution >= 4 is 16.1 Å². The Morgan fingerprint density at radius 1 is 1.16 bits per heavy atom. The molecule has 0 saturated heterocycles. The Morgan fingerprint density at radius 3 is 2.52 bits per heavy atom. The second-order valence-electron chi connectivity index (χ2n) is 7.47. The molecular weight excluding hydrogens is 424 g/mol. The van der Waals surface area contributed by atoms with Crippen molar-refractivity contribution in [2.45, 2.75) is 37.8 Å². The van der Waals surface area contributed by atoms with Crippen molar-refractivity contribution < 1.29 is 22.7 Å². The molecular formula is C19H22N6O5S. The number of nitrogens with zero attached hydrogens (tertiary/aromatic N) is 5. The Balaban J connectivity index is 1.82. The Kier molecular flexibility index (Phi) is 6.20. The van der Waals surface area contributed by atoms with Crippen LogP contribution in [0.5, 0.6) is 5.75 Å². The average molecular weight is 446 g/mol. The maximum atomic E-state index is 12.6. The summed E-state index contributed by atoms with van der Waals surface area (Å²) in [7, 11) is -2.91. The van der Waals surface area contributed by atoms with Crippen LogP contribution in [-0.4, -0.2) is 52.4 Å². The topological polar surface area (TPSA) is 138 Å². The molecule has 31 heavy (non-hydrogen) atoms. The molecule has 0 aliphatic heterocycles. The summed E-state index contributed by atoms with van der Waals surface area (Å²) in [5.74, 6) is 0.301. The monoisotopic (exact) mass is 446 g/mol. The summed E-state index contributed by atoms with van der Waals surface area (Å²) < 4.78 is 37.3. The molecule has 2 heterocycles. The third kappa shape index (κ3) is 5.75. The fourth-order valence-corrected chi connectivity index (χ4v) is 3.59. The summed E-state index contributed by atoms with van der Waals surface area (Å²) in [5.41, 5.74) is 0.599. The molecule has 1 amide bonds. The molecule has 0 saturated carbocycles. The molecule has 1 N–H and O–H groups in total. The SMILES string of the molecule is COc1cc(-c2nnn(Cc3ccncc3)n2)ccc1S(=O)(=O)NC(=O)OC(C)(C)C. The molecule has 2 aromatic heterocycles. The minimum absolute atomic E-state index is 0.0130. The summed E-state index contributed by atoms with van der Waals surface area (Å²) in [4.78, 5) is 17.0. The highest BCUT2D eigenvalue weighted by molar-refractivity contribution is 7.90. The number of benzene rings is 1. The Hall–Kier alpha value is -3.54. The highest BCUT2D eigenvalue weighted by atomic mass is 32.2. The molecule has 3 aromatic rings. The average Bonchev–Trinajstić information content (AvgIpc) is 3.14. The van der Waals surface area contributed by atoms with E-state index in [-0.39, 0.29) is 16.5 Å². The molecule has 0 aliphatic carbocycles. The lowest BCUT2D eigenvalue weighted by atomic mass is 10.2. The highest BCUT2D eigenvalue weighted by Gasteiger charge is 2.26. The van der Waals surface area contributed by atoms with Crippen molar-refractivity contribution in [1.82, 2.24) is 29.9 Å². The van der Waals surface area contributed by atoms with Gasteiger partial charge in [-0.15, -0.1) is 10.2 Å². The molecule has 164 valence electrons. The van der Waals surface area contributed by atoms with Crippen LogP contribution < -0.4 is 9.46 Å². The number of amides is 1. The van der Waals surface area contributed by atoms with Crippen LogP contribution in [0.15, 0.2) is 47.6 Å². The molecule has 0 atom stereocenters. The van der Waals surface area contributed by atoms with E-state index in [0.29, 0.717) is 12.1 Å². The van der Waals surface area contributed by atoms with Gasteiger partial charge in [0.1, 0.15) is 16.2 Å². The lowest BCUT2D eigenvalue weighted by Crippen LogP contribution is -2.36. The van der Waals surface area contributed by atoms with Crippen LogP contribution in [0.1, 0.15) is 26.3 Å². The van der Waals surface area contributed by atoms with Gasteiger partial charge in [0, 0.05) is 18.0 Å². The molecule has 12 heteroatoms. The number of carbonyl (C=O) groups is 1. The molecule has 3 rings (SSSR count). The lowest BCUT2D eigenvalue weighted by Gasteiger charge is -2.20. The zero-order chi connectivity index (χ0) is 22.6. The zero-order valence-electron chi connectivity index (χ0n) is 17.4. The van der Waals surface area contributed by atoms with Crippen molar-refractivity contribution in [2.75, 3.05) is 7.11 Å². The number of pyridine rings is 1. The zero-order valence-corrected chi connectivity index (χ0v) is 18.3. The van der Waals surface area contributed by atoms with Gasteiger partial charge in [0.05, 0.1) is 13.7 Å². The van der Waals surface area contributed by atoms with E-state index in [1.54, 1.807) is 33.2 Å². The third-order valence-corrected chi connectivity index (χ3v) is 5.21. The molecule has 0 fully saturated rings. The minimum Gasteiger partial charge on any atom is -0.495 e. The predicted molar refractivity (Wildman–Crippen MR) is 110 cm³/mol. The number of ether oxygens (including phenoxy) is 2. The Morgan fingerprint density at radius 2 is 1.87 bits per heavy atom. The van der Waals surface area contributed by atoms with E-state index in [9.17, 15) is 13.2 Å². The van der Waals surface area contributed by atoms with Crippen molar-refractivity contribution in [3.8, 4) is 17.1 Å². The van der Waals surface area contributed by atoms with Gasteiger partial charge in [0.15, 0.2) is 0 Å². The molecule has 11 nitrogen and oxygen atoms in total. The number of sulfonamides is 1. The summed E-state index contributed by atoms with van der Waals surface area (Å²) in [5, 5.41) is 12.3. The predicted octanol–water partition coefficient (Wildman–Crippen LogP) is 2.01. The van der Waals surface area contributed by atoms with Crippen LogP contribution in [0, 0.1) is 0 Å². The standard InChI is InChI=1S/C19H22N6O5S/c1-19(2,3)30-18(26)23-31(27,28)16-6-5-14(11-15(16)29-4)17-21-24-25(22-17)12-13-7-9-20-10-8-13/h5-11H,12H2,1-4H3,(H,23,26). The first-order chi connectivity index (χ1) is 14.6. The molecule has 0 radical (unpaired) electrons. The van der Waals surface area contributed by atoms with E-state index in [2.05, 4.69) is 20.4 Å². The number of rotatable bonds is 6. The number of methoxy groups -OCH3 is 1. The fourth-order valence-electron chi connectivity index (χ4n) is 2.57. The number of tetrazole rings is 1. The van der Waals surface area contributed by atoms with Crippen LogP contribution in [0.25, 0.3) is 11.4 Å². The number of hydrogen-bond acceptors (Lipinski definition) is 9. The van der Waals surface area contributed by atoms with Crippen LogP contribution in [0.2, 0.25) is 0 Å². The van der Waals surface area contributed by atoms with Crippen molar-refractivity contribution in [1.29, 1.82) is 0 Å². The minimum atomic E-state index is -4.23. The Bertz CT molecular complexity index is 1170. The maximum absolute atomic E-state index is 12.6. The van der Waals surface area contributed by atoms with Gasteiger partial charge >= 0.3 is 6.09 Å². The molecule has 1 aromatic carbocycles. The van der Waals surface area contributed by atoms with Gasteiger partial charge in [0.25, 0.3) is 10.0 Å². The molecule has 0 bridgehead atoms. The summed E-state index contributed by atoms with van der Waals surface area (Å²) in [6.07, 6.45) is 2.25. The van der Waals surface area contributed by atoms with Gasteiger partial charge in [-0.25, -0.2) is 17.9 Å². The van der Waals surface area contributed by atoms with Gasteiger partial charge in [-0.1, -0.05) is 0 Å². The van der Waals surface area contributed by atoms with Gasteiger partial charge < -0.3 is 9.47 Å². The lowest BCUT2D eigenvalue weighted by molar-refractivity contribution is 0.0570. The van der Waals surface area contributed by atoms with Crippen LogP contribution >= 0.6 is 0 Å². The van der Waals surface area contributed by atoms with E-state index >= 15 is 0 Å². The number of nitrogens with one attached hydrogen (secondary N) is 1. The highest BCUT2D eigenvalue weighted by Crippen LogP contribution is 2.28. The number of carbonyl (C=O) groups excluding carboxylic acids is 1. The largest absolute Gasteiger partial charge is 0.495 e. The van der Waals surface area contributed by atoms with Crippen molar-refractivity contribution in [2.24, 2.45) is 0 Å². The van der Waals surface area contributed by atoms with Crippen LogP contribution in [0.3, 0.4) is 0 Å². The van der Waals surface area contributed by atoms with Gasteiger partial charge in [-0.2, -0.15) is 4.80 Å². The first-order valence-electron chi connectivity index (χ1n) is 9.18. The first-order valence-corrected chi connectivity index (χ1v) is 10.7. The van der Waals surface area contributed by atoms with E-state index < -0.39 is 21.7 Å². The van der Waals surface area contributed by atoms with E-state index in [1.807, 2.05) is 16.9 Å². The fraction of sp³-hybridized carbons (Fsp3) is 0.316. The summed E-state index contributed by atoms with van der Waals surface area (Å²) in [6, 6.07) is 7.93. The van der Waals surface area contributed by atoms with Gasteiger partial charge in [-0.05, 0) is 61.9 Å². The van der Waals surface area contributed by atoms with Crippen molar-refractivity contribution in [3.05, 3.63) is 48.3 Å². The van der Waals surface area contributed by atoms with Crippen molar-refractivity contribution in [3.63, 3.8) is 0 Å². The summed E-state index contributed by atoms with van der Waals surface area (Å²) >= 11 is 0. The van der Waals surface area contributed by atoms with E-state index in [1.165, 1.54) is 30.1 Å². The number of hydrogen-bond donors (Lipinski definition) is 1. The molecule has 0 unspecified atom stereocenters. The summed E-state index contributed by atoms with van der Waals surface area (Å²) in [6.45, 7) is 5.29. The first kappa shape index (κ1) is 22.2. The molecule has 0 aliphatic rings. The van der Waals surface area contributed by atoms with Gasteiger partial charge in [0.2, 0.25) is 5.82 Å². The number of aromatic nitrogens is 5. The van der Waals surface area contributed by atoms with E-state index in [0.717, 1.165) is 5.56 Å². The third-order valence-electron chi connectivity index (χ3n) is 3.85. The molecule has 0 spiro atoms. The quantitative estimate of drug-likeness (QED) is 0.602. The van der Waals surface area contributed by atoms with Gasteiger partial charge in [-0.3, -0.25) is 4.98 Å². The van der Waals surface area contributed by atoms with Crippen LogP contribution in [0.4, 0.5) is 4.79 Å². The normalized spacial score (nSPS) is 11.7. The second kappa shape index (κ2) is 8.68. The van der Waals surface area contributed by atoms with E-state index in [4.69, 9.17) is 9.47 Å². The Labute approximate surface area is 179 Å². The second-order valence-corrected chi connectivity index (χ2v) is 9.12. The van der Waals surface area contributed by atoms with Crippen LogP contribution in [-0.2, 0) is 21.3 Å². The maximum Gasteiger partial charge on any atom is 0.421 e. The smallest absolute Gasteiger partial charge is 0.421 e.